The van der Waals surface area contributed by atoms with Gasteiger partial charge in [0.1, 0.15) is 0 Å². The van der Waals surface area contributed by atoms with Crippen LogP contribution in [0.5, 0.6) is 5.19 Å². The molecule has 7 heteroatoms. The molecule has 0 spiro atoms. The zero-order valence-corrected chi connectivity index (χ0v) is 16.0. The summed E-state index contributed by atoms with van der Waals surface area (Å²) in [5, 5.41) is 0.553. The number of nitrogens with zero attached hydrogens (tertiary/aromatic N) is 2. The van der Waals surface area contributed by atoms with Crippen LogP contribution in [0.15, 0.2) is 48.5 Å². The molecule has 0 saturated heterocycles. The van der Waals surface area contributed by atoms with Crippen LogP contribution < -0.4 is 9.64 Å². The van der Waals surface area contributed by atoms with Crippen molar-refractivity contribution in [3.05, 3.63) is 54.1 Å². The van der Waals surface area contributed by atoms with E-state index in [1.54, 1.807) is 31.1 Å². The lowest BCUT2D eigenvalue weighted by atomic mass is 10.1. The molecule has 6 nitrogen and oxygen atoms in total. The highest BCUT2D eigenvalue weighted by Crippen LogP contribution is 2.29. The molecule has 3 rings (SSSR count). The molecule has 1 amide bonds. The number of para-hydroxylation sites is 1. The number of ether oxygens (including phenoxy) is 2. The summed E-state index contributed by atoms with van der Waals surface area (Å²) < 4.78 is 11.1. The van der Waals surface area contributed by atoms with E-state index in [0.29, 0.717) is 22.9 Å². The normalized spacial score (nSPS) is 10.6. The predicted molar refractivity (Wildman–Crippen MR) is 106 cm³/mol. The third-order valence-corrected chi connectivity index (χ3v) is 4.95. The van der Waals surface area contributed by atoms with Crippen molar-refractivity contribution in [3.8, 4) is 5.19 Å². The van der Waals surface area contributed by atoms with Crippen LogP contribution in [0.1, 0.15) is 23.7 Å². The first kappa shape index (κ1) is 18.8. The standard InChI is InChI=1S/C20H20N2O4S/c1-3-26-18(23)11-12-22(15-7-5-4-6-8-15)19(24)14-9-10-17-16(13-14)21-20(25-2)27-17/h4-10,13H,3,11-12H2,1-2H3. The van der Waals surface area contributed by atoms with Crippen LogP contribution in [-0.2, 0) is 9.53 Å². The van der Waals surface area contributed by atoms with Gasteiger partial charge >= 0.3 is 5.97 Å². The fourth-order valence-electron chi connectivity index (χ4n) is 2.67. The fraction of sp³-hybridized carbons (Fsp3) is 0.250. The maximum Gasteiger partial charge on any atom is 0.307 e. The number of hydrogen-bond donors (Lipinski definition) is 0. The molecule has 0 N–H and O–H groups in total. The van der Waals surface area contributed by atoms with Crippen LogP contribution in [0.3, 0.4) is 0 Å². The number of rotatable bonds is 7. The van der Waals surface area contributed by atoms with E-state index < -0.39 is 0 Å². The molecule has 0 unspecified atom stereocenters. The average molecular weight is 384 g/mol. The first-order chi connectivity index (χ1) is 13.1. The van der Waals surface area contributed by atoms with Gasteiger partial charge in [-0.25, -0.2) is 4.98 Å². The van der Waals surface area contributed by atoms with Gasteiger partial charge in [-0.2, -0.15) is 0 Å². The van der Waals surface area contributed by atoms with Gasteiger partial charge in [-0.1, -0.05) is 29.5 Å². The van der Waals surface area contributed by atoms with Gasteiger partial charge in [-0.05, 0) is 37.3 Å². The Morgan fingerprint density at radius 1 is 1.15 bits per heavy atom. The first-order valence-corrected chi connectivity index (χ1v) is 9.41. The minimum atomic E-state index is -0.328. The third-order valence-electron chi connectivity index (χ3n) is 3.95. The van der Waals surface area contributed by atoms with Crippen LogP contribution in [0, 0.1) is 0 Å². The van der Waals surface area contributed by atoms with Crippen LogP contribution in [-0.4, -0.2) is 37.1 Å². The number of benzene rings is 2. The lowest BCUT2D eigenvalue weighted by Gasteiger charge is -2.22. The lowest BCUT2D eigenvalue weighted by Crippen LogP contribution is -2.33. The minimum Gasteiger partial charge on any atom is -0.473 e. The number of esters is 1. The Morgan fingerprint density at radius 2 is 1.93 bits per heavy atom. The van der Waals surface area contributed by atoms with Gasteiger partial charge < -0.3 is 14.4 Å². The zero-order valence-electron chi connectivity index (χ0n) is 15.2. The number of anilines is 1. The van der Waals surface area contributed by atoms with Crippen molar-refractivity contribution >= 4 is 39.1 Å². The van der Waals surface area contributed by atoms with Crippen molar-refractivity contribution in [2.75, 3.05) is 25.2 Å². The van der Waals surface area contributed by atoms with Crippen LogP contribution in [0.25, 0.3) is 10.2 Å². The second kappa shape index (κ2) is 8.64. The van der Waals surface area contributed by atoms with Crippen LogP contribution in [0.2, 0.25) is 0 Å². The Labute approximate surface area is 161 Å². The van der Waals surface area contributed by atoms with E-state index in [4.69, 9.17) is 9.47 Å². The van der Waals surface area contributed by atoms with E-state index in [9.17, 15) is 9.59 Å². The number of amides is 1. The number of carbonyl (C=O) groups is 2. The molecule has 3 aromatic rings. The summed E-state index contributed by atoms with van der Waals surface area (Å²) in [7, 11) is 1.57. The molecular formula is C20H20N2O4S. The van der Waals surface area contributed by atoms with Crippen molar-refractivity contribution in [2.45, 2.75) is 13.3 Å². The van der Waals surface area contributed by atoms with Crippen molar-refractivity contribution in [2.24, 2.45) is 0 Å². The fourth-order valence-corrected chi connectivity index (χ4v) is 3.44. The SMILES string of the molecule is CCOC(=O)CCN(C(=O)c1ccc2sc(OC)nc2c1)c1ccccc1. The van der Waals surface area contributed by atoms with Crippen molar-refractivity contribution in [3.63, 3.8) is 0 Å². The smallest absolute Gasteiger partial charge is 0.307 e. The van der Waals surface area contributed by atoms with Gasteiger partial charge in [0.25, 0.3) is 11.1 Å². The molecule has 140 valence electrons. The predicted octanol–water partition coefficient (Wildman–Crippen LogP) is 3.90. The molecule has 1 heterocycles. The number of hydrogen-bond acceptors (Lipinski definition) is 6. The third kappa shape index (κ3) is 4.43. The number of carbonyl (C=O) groups excluding carboxylic acids is 2. The highest BCUT2D eigenvalue weighted by molar-refractivity contribution is 7.20. The molecule has 0 aliphatic rings. The van der Waals surface area contributed by atoms with Crippen molar-refractivity contribution in [1.82, 2.24) is 4.98 Å². The summed E-state index contributed by atoms with van der Waals surface area (Å²) >= 11 is 1.42. The summed E-state index contributed by atoms with van der Waals surface area (Å²) in [4.78, 5) is 30.9. The second-order valence-electron chi connectivity index (χ2n) is 5.71. The maximum absolute atomic E-state index is 13.2. The van der Waals surface area contributed by atoms with Crippen molar-refractivity contribution < 1.29 is 19.1 Å². The quantitative estimate of drug-likeness (QED) is 0.578. The van der Waals surface area contributed by atoms with Gasteiger partial charge in [0.2, 0.25) is 0 Å². The summed E-state index contributed by atoms with van der Waals surface area (Å²) in [6, 6.07) is 14.6. The number of methoxy groups -OCH3 is 1. The molecule has 0 aliphatic heterocycles. The molecule has 0 radical (unpaired) electrons. The second-order valence-corrected chi connectivity index (χ2v) is 6.71. The Morgan fingerprint density at radius 3 is 2.63 bits per heavy atom. The maximum atomic E-state index is 13.2. The number of fused-ring (bicyclic) bond motifs is 1. The highest BCUT2D eigenvalue weighted by Gasteiger charge is 2.20. The topological polar surface area (TPSA) is 68.7 Å². The largest absolute Gasteiger partial charge is 0.473 e. The summed E-state index contributed by atoms with van der Waals surface area (Å²) in [6.07, 6.45) is 0.126. The van der Waals surface area contributed by atoms with Crippen molar-refractivity contribution in [1.29, 1.82) is 0 Å². The van der Waals surface area contributed by atoms with Crippen LogP contribution in [0.4, 0.5) is 5.69 Å². The Hall–Kier alpha value is -2.93. The molecule has 0 saturated carbocycles. The molecule has 0 bridgehead atoms. The first-order valence-electron chi connectivity index (χ1n) is 8.59. The summed E-state index contributed by atoms with van der Waals surface area (Å²) in [5.74, 6) is -0.523. The molecule has 0 atom stereocenters. The summed E-state index contributed by atoms with van der Waals surface area (Å²) in [5.41, 5.74) is 1.94. The van der Waals surface area contributed by atoms with Gasteiger partial charge in [-0.15, -0.1) is 0 Å². The van der Waals surface area contributed by atoms with Gasteiger partial charge in [0.05, 0.1) is 30.4 Å². The Bertz CT molecular complexity index is 940. The van der Waals surface area contributed by atoms with Gasteiger partial charge in [0.15, 0.2) is 0 Å². The van der Waals surface area contributed by atoms with E-state index >= 15 is 0 Å². The molecule has 0 aliphatic carbocycles. The molecule has 0 fully saturated rings. The van der Waals surface area contributed by atoms with E-state index in [1.807, 2.05) is 36.4 Å². The highest BCUT2D eigenvalue weighted by atomic mass is 32.1. The summed E-state index contributed by atoms with van der Waals surface area (Å²) in [6.45, 7) is 2.32. The molecule has 2 aromatic carbocycles. The molecule has 27 heavy (non-hydrogen) atoms. The Kier molecular flexibility index (Phi) is 6.03. The number of aromatic nitrogens is 1. The van der Waals surface area contributed by atoms with Gasteiger partial charge in [0, 0.05) is 17.8 Å². The van der Waals surface area contributed by atoms with E-state index in [0.717, 1.165) is 10.4 Å². The molecule has 1 aromatic heterocycles. The van der Waals surface area contributed by atoms with E-state index in [2.05, 4.69) is 4.98 Å². The zero-order chi connectivity index (χ0) is 19.2. The Balaban J connectivity index is 1.88. The minimum absolute atomic E-state index is 0.126. The monoisotopic (exact) mass is 384 g/mol. The van der Waals surface area contributed by atoms with E-state index in [-0.39, 0.29) is 24.8 Å². The number of thiazole rings is 1. The van der Waals surface area contributed by atoms with Crippen LogP contribution >= 0.6 is 11.3 Å². The average Bonchev–Trinajstić information content (AvgIpc) is 3.11. The van der Waals surface area contributed by atoms with E-state index in [1.165, 1.54) is 11.3 Å². The molecular weight excluding hydrogens is 364 g/mol. The lowest BCUT2D eigenvalue weighted by molar-refractivity contribution is -0.142. The van der Waals surface area contributed by atoms with Gasteiger partial charge in [-0.3, -0.25) is 9.59 Å².